The molecule has 100 valence electrons. The number of carbonyl (C=O) groups is 1. The van der Waals surface area contributed by atoms with Gasteiger partial charge in [0.1, 0.15) is 0 Å². The van der Waals surface area contributed by atoms with Crippen molar-refractivity contribution in [2.75, 3.05) is 11.5 Å². The Morgan fingerprint density at radius 2 is 2.12 bits per heavy atom. The van der Waals surface area contributed by atoms with Gasteiger partial charge in [-0.25, -0.2) is 8.42 Å². The summed E-state index contributed by atoms with van der Waals surface area (Å²) in [5.74, 6) is 0.214. The van der Waals surface area contributed by atoms with Crippen molar-refractivity contribution >= 4 is 15.7 Å². The van der Waals surface area contributed by atoms with Crippen LogP contribution in [0.2, 0.25) is 0 Å². The Hall–Kier alpha value is -0.620. The maximum Gasteiger partial charge on any atom is 0.220 e. The van der Waals surface area contributed by atoms with Crippen molar-refractivity contribution in [3.63, 3.8) is 0 Å². The maximum absolute atomic E-state index is 11.6. The van der Waals surface area contributed by atoms with Gasteiger partial charge in [-0.2, -0.15) is 0 Å². The van der Waals surface area contributed by atoms with Crippen molar-refractivity contribution in [1.82, 2.24) is 5.32 Å². The van der Waals surface area contributed by atoms with Crippen LogP contribution in [0, 0.1) is 0 Å². The van der Waals surface area contributed by atoms with Crippen molar-refractivity contribution in [1.29, 1.82) is 0 Å². The molecule has 3 N–H and O–H groups in total. The topological polar surface area (TPSA) is 89.3 Å². The summed E-state index contributed by atoms with van der Waals surface area (Å²) >= 11 is 0. The zero-order valence-corrected chi connectivity index (χ0v) is 11.3. The van der Waals surface area contributed by atoms with E-state index in [1.165, 1.54) is 0 Å². The van der Waals surface area contributed by atoms with E-state index in [1.54, 1.807) is 0 Å². The van der Waals surface area contributed by atoms with E-state index in [4.69, 9.17) is 5.73 Å². The Bertz CT molecular complexity index is 371. The van der Waals surface area contributed by atoms with Crippen LogP contribution in [0.25, 0.3) is 0 Å². The SMILES string of the molecule is CC(C)(N)CCC(=O)NC1CCCS(=O)(=O)C1. The highest BCUT2D eigenvalue weighted by Gasteiger charge is 2.26. The Labute approximate surface area is 103 Å². The third-order valence-corrected chi connectivity index (χ3v) is 4.65. The van der Waals surface area contributed by atoms with Crippen LogP contribution in [0.4, 0.5) is 0 Å². The van der Waals surface area contributed by atoms with Crippen molar-refractivity contribution in [3.8, 4) is 0 Å². The summed E-state index contributed by atoms with van der Waals surface area (Å²) in [6, 6.07) is -0.220. The number of rotatable bonds is 4. The summed E-state index contributed by atoms with van der Waals surface area (Å²) in [7, 11) is -2.96. The first-order valence-corrected chi connectivity index (χ1v) is 7.79. The summed E-state index contributed by atoms with van der Waals surface area (Å²) in [6.45, 7) is 3.73. The molecule has 1 rings (SSSR count). The van der Waals surface area contributed by atoms with E-state index >= 15 is 0 Å². The number of hydrogen-bond acceptors (Lipinski definition) is 4. The van der Waals surface area contributed by atoms with Crippen LogP contribution < -0.4 is 11.1 Å². The number of carbonyl (C=O) groups excluding carboxylic acids is 1. The van der Waals surface area contributed by atoms with E-state index in [-0.39, 0.29) is 29.0 Å². The lowest BCUT2D eigenvalue weighted by Crippen LogP contribution is -2.44. The van der Waals surface area contributed by atoms with Gasteiger partial charge in [-0.15, -0.1) is 0 Å². The molecule has 1 atom stereocenters. The zero-order valence-electron chi connectivity index (χ0n) is 10.5. The Morgan fingerprint density at radius 3 is 2.65 bits per heavy atom. The molecule has 0 aromatic carbocycles. The molecule has 1 unspecified atom stereocenters. The van der Waals surface area contributed by atoms with Crippen LogP contribution in [0.3, 0.4) is 0 Å². The Kier molecular flexibility index (Phi) is 4.55. The molecule has 5 nitrogen and oxygen atoms in total. The zero-order chi connectivity index (χ0) is 13.1. The van der Waals surface area contributed by atoms with Gasteiger partial charge in [0.2, 0.25) is 5.91 Å². The molecular weight excluding hydrogens is 240 g/mol. The van der Waals surface area contributed by atoms with Gasteiger partial charge < -0.3 is 11.1 Å². The lowest BCUT2D eigenvalue weighted by molar-refractivity contribution is -0.122. The minimum Gasteiger partial charge on any atom is -0.352 e. The van der Waals surface area contributed by atoms with Crippen LogP contribution in [-0.4, -0.2) is 37.4 Å². The van der Waals surface area contributed by atoms with Gasteiger partial charge in [0, 0.05) is 18.0 Å². The van der Waals surface area contributed by atoms with Gasteiger partial charge in [-0.05, 0) is 33.1 Å². The molecule has 1 amide bonds. The monoisotopic (exact) mass is 262 g/mol. The number of amides is 1. The van der Waals surface area contributed by atoms with Crippen LogP contribution in [0.15, 0.2) is 0 Å². The van der Waals surface area contributed by atoms with Crippen LogP contribution in [-0.2, 0) is 14.6 Å². The smallest absolute Gasteiger partial charge is 0.220 e. The van der Waals surface area contributed by atoms with E-state index in [0.29, 0.717) is 19.3 Å². The van der Waals surface area contributed by atoms with Crippen LogP contribution in [0.5, 0.6) is 0 Å². The Morgan fingerprint density at radius 1 is 1.47 bits per heavy atom. The molecule has 6 heteroatoms. The average molecular weight is 262 g/mol. The fraction of sp³-hybridized carbons (Fsp3) is 0.909. The number of nitrogens with two attached hydrogens (primary N) is 1. The first kappa shape index (κ1) is 14.4. The molecule has 0 aromatic heterocycles. The molecule has 1 heterocycles. The Balaban J connectivity index is 2.36. The van der Waals surface area contributed by atoms with E-state index < -0.39 is 9.84 Å². The predicted octanol–water partition coefficient (Wildman–Crippen LogP) is 0.197. The molecule has 0 spiro atoms. The second-order valence-electron chi connectivity index (χ2n) is 5.51. The molecule has 0 radical (unpaired) electrons. The number of sulfone groups is 1. The molecule has 1 aliphatic rings. The number of nitrogens with one attached hydrogen (secondary N) is 1. The molecule has 1 saturated heterocycles. The highest BCUT2D eigenvalue weighted by atomic mass is 32.2. The van der Waals surface area contributed by atoms with E-state index in [1.807, 2.05) is 13.8 Å². The van der Waals surface area contributed by atoms with Crippen LogP contribution in [0.1, 0.15) is 39.5 Å². The molecule has 0 aliphatic carbocycles. The van der Waals surface area contributed by atoms with Crippen molar-refractivity contribution < 1.29 is 13.2 Å². The molecule has 0 bridgehead atoms. The van der Waals surface area contributed by atoms with Crippen LogP contribution >= 0.6 is 0 Å². The first-order valence-electron chi connectivity index (χ1n) is 5.97. The second-order valence-corrected chi connectivity index (χ2v) is 7.74. The molecule has 0 aromatic rings. The first-order chi connectivity index (χ1) is 7.68. The third-order valence-electron chi connectivity index (χ3n) is 2.82. The minimum absolute atomic E-state index is 0.0742. The summed E-state index contributed by atoms with van der Waals surface area (Å²) in [5.41, 5.74) is 5.42. The average Bonchev–Trinajstić information content (AvgIpc) is 2.12. The van der Waals surface area contributed by atoms with Crippen molar-refractivity contribution in [2.24, 2.45) is 5.73 Å². The molecular formula is C11H22N2O3S. The summed E-state index contributed by atoms with van der Waals surface area (Å²) in [6.07, 6.45) is 2.32. The summed E-state index contributed by atoms with van der Waals surface area (Å²) in [4.78, 5) is 11.6. The minimum atomic E-state index is -2.96. The van der Waals surface area contributed by atoms with Gasteiger partial charge in [-0.3, -0.25) is 4.79 Å². The lowest BCUT2D eigenvalue weighted by Gasteiger charge is -2.24. The molecule has 1 aliphatic heterocycles. The lowest BCUT2D eigenvalue weighted by atomic mass is 10.00. The fourth-order valence-electron chi connectivity index (χ4n) is 1.87. The van der Waals surface area contributed by atoms with Gasteiger partial charge in [0.25, 0.3) is 0 Å². The second kappa shape index (κ2) is 5.35. The largest absolute Gasteiger partial charge is 0.352 e. The van der Waals surface area contributed by atoms with Crippen molar-refractivity contribution in [3.05, 3.63) is 0 Å². The number of hydrogen-bond donors (Lipinski definition) is 2. The predicted molar refractivity (Wildman–Crippen MR) is 67.3 cm³/mol. The van der Waals surface area contributed by atoms with Gasteiger partial charge in [0.15, 0.2) is 9.84 Å². The standard InChI is InChI=1S/C11H22N2O3S/c1-11(2,12)6-5-10(14)13-9-4-3-7-17(15,16)8-9/h9H,3-8,12H2,1-2H3,(H,13,14). The summed E-state index contributed by atoms with van der Waals surface area (Å²) in [5, 5.41) is 2.77. The fourth-order valence-corrected chi connectivity index (χ4v) is 3.51. The van der Waals surface area contributed by atoms with Gasteiger partial charge >= 0.3 is 0 Å². The van der Waals surface area contributed by atoms with E-state index in [2.05, 4.69) is 5.32 Å². The highest BCUT2D eigenvalue weighted by molar-refractivity contribution is 7.91. The molecule has 0 saturated carbocycles. The van der Waals surface area contributed by atoms with E-state index in [9.17, 15) is 13.2 Å². The quantitative estimate of drug-likeness (QED) is 0.757. The van der Waals surface area contributed by atoms with E-state index in [0.717, 1.165) is 6.42 Å². The maximum atomic E-state index is 11.6. The highest BCUT2D eigenvalue weighted by Crippen LogP contribution is 2.13. The third kappa shape index (κ3) is 6.02. The normalized spacial score (nSPS) is 24.3. The summed E-state index contributed by atoms with van der Waals surface area (Å²) < 4.78 is 22.8. The van der Waals surface area contributed by atoms with Crippen molar-refractivity contribution in [2.45, 2.75) is 51.1 Å². The molecule has 17 heavy (non-hydrogen) atoms. The van der Waals surface area contributed by atoms with Gasteiger partial charge in [0.05, 0.1) is 11.5 Å². The molecule has 1 fully saturated rings. The van der Waals surface area contributed by atoms with Gasteiger partial charge in [-0.1, -0.05) is 0 Å².